The number of anilines is 1. The maximum Gasteiger partial charge on any atom is 0.325 e. The number of benzene rings is 1. The number of carbonyl (C=O) groups excluding carboxylic acids is 2. The first-order valence-electron chi connectivity index (χ1n) is 6.97. The third-order valence-electron chi connectivity index (χ3n) is 3.36. The average Bonchev–Trinajstić information content (AvgIpc) is 2.95. The number of para-hydroxylation sites is 1. The number of hydrogen-bond donors (Lipinski definition) is 1. The molecule has 1 heterocycles. The van der Waals surface area contributed by atoms with Crippen LogP contribution in [0.4, 0.5) is 5.69 Å². The van der Waals surface area contributed by atoms with E-state index in [1.807, 2.05) is 30.3 Å². The zero-order valence-corrected chi connectivity index (χ0v) is 11.7. The predicted molar refractivity (Wildman–Crippen MR) is 76.5 cm³/mol. The van der Waals surface area contributed by atoms with Crippen molar-refractivity contribution in [3.05, 3.63) is 30.3 Å². The Morgan fingerprint density at radius 2 is 2.10 bits per heavy atom. The van der Waals surface area contributed by atoms with Gasteiger partial charge in [-0.2, -0.15) is 0 Å². The van der Waals surface area contributed by atoms with Crippen molar-refractivity contribution in [2.45, 2.75) is 25.8 Å². The van der Waals surface area contributed by atoms with Crippen molar-refractivity contribution in [2.24, 2.45) is 0 Å². The van der Waals surface area contributed by atoms with Gasteiger partial charge in [0.25, 0.3) is 0 Å². The molecule has 0 spiro atoms. The number of amides is 1. The van der Waals surface area contributed by atoms with Crippen molar-refractivity contribution in [1.29, 1.82) is 0 Å². The molecule has 1 N–H and O–H groups in total. The normalized spacial score (nSPS) is 17.9. The molecular formula is C15H20N2O3. The molecule has 0 aromatic heterocycles. The molecule has 1 amide bonds. The highest BCUT2D eigenvalue weighted by Crippen LogP contribution is 2.25. The van der Waals surface area contributed by atoms with E-state index in [-0.39, 0.29) is 18.5 Å². The monoisotopic (exact) mass is 276 g/mol. The first-order valence-corrected chi connectivity index (χ1v) is 6.97. The molecule has 0 bridgehead atoms. The lowest BCUT2D eigenvalue weighted by atomic mass is 10.2. The van der Waals surface area contributed by atoms with Crippen molar-refractivity contribution in [2.75, 3.05) is 24.6 Å². The zero-order valence-electron chi connectivity index (χ0n) is 11.7. The second kappa shape index (κ2) is 6.93. The Labute approximate surface area is 118 Å². The standard InChI is InChI=1S/C15H20N2O3/c1-2-20-14(18)11-16-15(19)13-9-6-10-17(13)12-7-4-3-5-8-12/h3-5,7-8,13H,2,6,9-11H2,1H3,(H,16,19). The van der Waals surface area contributed by atoms with Crippen LogP contribution in [0.15, 0.2) is 30.3 Å². The minimum absolute atomic E-state index is 0.0637. The second-order valence-electron chi connectivity index (χ2n) is 4.71. The summed E-state index contributed by atoms with van der Waals surface area (Å²) in [6.07, 6.45) is 1.79. The number of ether oxygens (including phenoxy) is 1. The number of esters is 1. The van der Waals surface area contributed by atoms with E-state index in [2.05, 4.69) is 10.2 Å². The highest BCUT2D eigenvalue weighted by molar-refractivity contribution is 5.88. The maximum atomic E-state index is 12.2. The van der Waals surface area contributed by atoms with Gasteiger partial charge in [-0.1, -0.05) is 18.2 Å². The molecule has 1 aliphatic heterocycles. The quantitative estimate of drug-likeness (QED) is 0.824. The Morgan fingerprint density at radius 1 is 1.35 bits per heavy atom. The zero-order chi connectivity index (χ0) is 14.4. The van der Waals surface area contributed by atoms with Gasteiger partial charge in [0.1, 0.15) is 12.6 Å². The third kappa shape index (κ3) is 3.50. The van der Waals surface area contributed by atoms with Crippen LogP contribution in [0.2, 0.25) is 0 Å². The van der Waals surface area contributed by atoms with E-state index in [0.717, 1.165) is 25.1 Å². The molecular weight excluding hydrogens is 256 g/mol. The van der Waals surface area contributed by atoms with Gasteiger partial charge in [-0.05, 0) is 31.9 Å². The lowest BCUT2D eigenvalue weighted by Gasteiger charge is -2.25. The fraction of sp³-hybridized carbons (Fsp3) is 0.467. The minimum Gasteiger partial charge on any atom is -0.465 e. The van der Waals surface area contributed by atoms with Crippen molar-refractivity contribution in [3.8, 4) is 0 Å². The summed E-state index contributed by atoms with van der Waals surface area (Å²) in [7, 11) is 0. The molecule has 1 unspecified atom stereocenters. The number of nitrogens with zero attached hydrogens (tertiary/aromatic N) is 1. The van der Waals surface area contributed by atoms with Crippen LogP contribution >= 0.6 is 0 Å². The maximum absolute atomic E-state index is 12.2. The Morgan fingerprint density at radius 3 is 2.80 bits per heavy atom. The summed E-state index contributed by atoms with van der Waals surface area (Å²) < 4.78 is 4.80. The Bertz CT molecular complexity index is 461. The van der Waals surface area contributed by atoms with Gasteiger partial charge in [0, 0.05) is 12.2 Å². The molecule has 1 saturated heterocycles. The highest BCUT2D eigenvalue weighted by atomic mass is 16.5. The van der Waals surface area contributed by atoms with Crippen LogP contribution in [0.25, 0.3) is 0 Å². The van der Waals surface area contributed by atoms with E-state index < -0.39 is 5.97 Å². The summed E-state index contributed by atoms with van der Waals surface area (Å²) in [5.41, 5.74) is 1.04. The van der Waals surface area contributed by atoms with Gasteiger partial charge in [0.15, 0.2) is 0 Å². The summed E-state index contributed by atoms with van der Waals surface area (Å²) in [6.45, 7) is 2.87. The van der Waals surface area contributed by atoms with E-state index in [9.17, 15) is 9.59 Å². The van der Waals surface area contributed by atoms with Crippen molar-refractivity contribution in [1.82, 2.24) is 5.32 Å². The Kier molecular flexibility index (Phi) is 4.98. The van der Waals surface area contributed by atoms with Crippen LogP contribution < -0.4 is 10.2 Å². The number of rotatable bonds is 5. The summed E-state index contributed by atoms with van der Waals surface area (Å²) in [6, 6.07) is 9.66. The molecule has 5 heteroatoms. The van der Waals surface area contributed by atoms with Crippen molar-refractivity contribution < 1.29 is 14.3 Å². The molecule has 1 aromatic carbocycles. The van der Waals surface area contributed by atoms with Crippen molar-refractivity contribution in [3.63, 3.8) is 0 Å². The summed E-state index contributed by atoms with van der Waals surface area (Å²) in [5.74, 6) is -0.510. The molecule has 5 nitrogen and oxygen atoms in total. The molecule has 0 aliphatic carbocycles. The molecule has 1 fully saturated rings. The average molecular weight is 276 g/mol. The van der Waals surface area contributed by atoms with Gasteiger partial charge in [-0.3, -0.25) is 9.59 Å². The van der Waals surface area contributed by atoms with Crippen LogP contribution in [-0.2, 0) is 14.3 Å². The summed E-state index contributed by atoms with van der Waals surface area (Å²) >= 11 is 0. The second-order valence-corrected chi connectivity index (χ2v) is 4.71. The van der Waals surface area contributed by atoms with Gasteiger partial charge in [-0.15, -0.1) is 0 Å². The van der Waals surface area contributed by atoms with E-state index in [1.54, 1.807) is 6.92 Å². The lowest BCUT2D eigenvalue weighted by molar-refractivity contribution is -0.143. The van der Waals surface area contributed by atoms with Crippen LogP contribution in [-0.4, -0.2) is 37.6 Å². The lowest BCUT2D eigenvalue weighted by Crippen LogP contribution is -2.45. The number of hydrogen-bond acceptors (Lipinski definition) is 4. The Balaban J connectivity index is 1.93. The fourth-order valence-electron chi connectivity index (χ4n) is 2.46. The molecule has 1 aromatic rings. The summed E-state index contributed by atoms with van der Waals surface area (Å²) in [4.78, 5) is 25.5. The first kappa shape index (κ1) is 14.4. The van der Waals surface area contributed by atoms with Crippen molar-refractivity contribution >= 4 is 17.6 Å². The van der Waals surface area contributed by atoms with Gasteiger partial charge < -0.3 is 15.0 Å². The largest absolute Gasteiger partial charge is 0.465 e. The van der Waals surface area contributed by atoms with Gasteiger partial charge in [0.2, 0.25) is 5.91 Å². The van der Waals surface area contributed by atoms with Gasteiger partial charge in [-0.25, -0.2) is 0 Å². The highest BCUT2D eigenvalue weighted by Gasteiger charge is 2.30. The van der Waals surface area contributed by atoms with E-state index in [0.29, 0.717) is 6.61 Å². The van der Waals surface area contributed by atoms with Gasteiger partial charge in [0.05, 0.1) is 6.61 Å². The van der Waals surface area contributed by atoms with E-state index in [4.69, 9.17) is 4.74 Å². The smallest absolute Gasteiger partial charge is 0.325 e. The van der Waals surface area contributed by atoms with E-state index >= 15 is 0 Å². The predicted octanol–water partition coefficient (Wildman–Crippen LogP) is 1.33. The minimum atomic E-state index is -0.398. The first-order chi connectivity index (χ1) is 9.72. The van der Waals surface area contributed by atoms with Crippen LogP contribution in [0, 0.1) is 0 Å². The molecule has 20 heavy (non-hydrogen) atoms. The topological polar surface area (TPSA) is 58.6 Å². The molecule has 0 radical (unpaired) electrons. The number of carbonyl (C=O) groups is 2. The van der Waals surface area contributed by atoms with E-state index in [1.165, 1.54) is 0 Å². The Hall–Kier alpha value is -2.04. The van der Waals surface area contributed by atoms with Crippen LogP contribution in [0.1, 0.15) is 19.8 Å². The van der Waals surface area contributed by atoms with Crippen LogP contribution in [0.3, 0.4) is 0 Å². The SMILES string of the molecule is CCOC(=O)CNC(=O)C1CCCN1c1ccccc1. The summed E-state index contributed by atoms with van der Waals surface area (Å²) in [5, 5.41) is 2.65. The van der Waals surface area contributed by atoms with Crippen LogP contribution in [0.5, 0.6) is 0 Å². The third-order valence-corrected chi connectivity index (χ3v) is 3.36. The molecule has 0 saturated carbocycles. The molecule has 1 atom stereocenters. The van der Waals surface area contributed by atoms with Gasteiger partial charge >= 0.3 is 5.97 Å². The fourth-order valence-corrected chi connectivity index (χ4v) is 2.46. The molecule has 2 rings (SSSR count). The molecule has 1 aliphatic rings. The molecule has 108 valence electrons. The number of nitrogens with one attached hydrogen (secondary N) is 1.